The fourth-order valence-electron chi connectivity index (χ4n) is 4.82. The first kappa shape index (κ1) is 20.4. The molecule has 1 fully saturated rings. The molecule has 0 aromatic carbocycles. The summed E-state index contributed by atoms with van der Waals surface area (Å²) in [6.45, 7) is 5.62. The van der Waals surface area contributed by atoms with Gasteiger partial charge in [-0.2, -0.15) is 0 Å². The third-order valence-electron chi connectivity index (χ3n) is 6.08. The largest absolute Gasteiger partial charge is 0.467 e. The first-order valence-corrected chi connectivity index (χ1v) is 10.2. The van der Waals surface area contributed by atoms with Gasteiger partial charge >= 0.3 is 5.97 Å². The summed E-state index contributed by atoms with van der Waals surface area (Å²) in [6.07, 6.45) is 0.821. The molecule has 4 atom stereocenters. The number of aryl methyl sites for hydroxylation is 1. The maximum atomic E-state index is 13.2. The smallest absolute Gasteiger partial charge is 0.328 e. The number of hydrogen-bond donors (Lipinski definition) is 1. The van der Waals surface area contributed by atoms with Gasteiger partial charge in [0.25, 0.3) is 5.56 Å². The van der Waals surface area contributed by atoms with Crippen molar-refractivity contribution >= 4 is 11.9 Å². The minimum Gasteiger partial charge on any atom is -0.467 e. The molecule has 8 heteroatoms. The number of hydrogen-bond acceptors (Lipinski definition) is 6. The van der Waals surface area contributed by atoms with E-state index in [2.05, 4.69) is 10.2 Å². The molecule has 0 aliphatic carbocycles. The zero-order chi connectivity index (χ0) is 21.4. The van der Waals surface area contributed by atoms with Gasteiger partial charge in [-0.1, -0.05) is 6.07 Å². The summed E-state index contributed by atoms with van der Waals surface area (Å²) in [5.74, 6) is 1.03. The molecule has 2 aliphatic heterocycles. The van der Waals surface area contributed by atoms with Crippen molar-refractivity contribution in [2.75, 3.05) is 20.2 Å². The molecular weight excluding hydrogens is 386 g/mol. The fourth-order valence-corrected chi connectivity index (χ4v) is 4.82. The number of carbonyl (C=O) groups excluding carboxylic acids is 2. The molecule has 2 aliphatic rings. The number of carbonyl (C=O) groups is 2. The molecule has 8 nitrogen and oxygen atoms in total. The predicted octanol–water partition coefficient (Wildman–Crippen LogP) is 1.59. The van der Waals surface area contributed by atoms with E-state index in [1.54, 1.807) is 17.6 Å². The van der Waals surface area contributed by atoms with E-state index in [-0.39, 0.29) is 23.3 Å². The number of nitrogens with zero attached hydrogens (tertiary/aromatic N) is 2. The van der Waals surface area contributed by atoms with Crippen LogP contribution in [0, 0.1) is 12.8 Å². The Balaban J connectivity index is 1.64. The number of rotatable bonds is 5. The van der Waals surface area contributed by atoms with Crippen LogP contribution in [-0.2, 0) is 20.9 Å². The molecule has 1 saturated heterocycles. The summed E-state index contributed by atoms with van der Waals surface area (Å²) in [6, 6.07) is 7.62. The normalized spacial score (nSPS) is 24.0. The van der Waals surface area contributed by atoms with Crippen molar-refractivity contribution < 1.29 is 18.7 Å². The van der Waals surface area contributed by atoms with E-state index >= 15 is 0 Å². The summed E-state index contributed by atoms with van der Waals surface area (Å²) in [5, 5.41) is 2.73. The second-order valence-electron chi connectivity index (χ2n) is 8.26. The lowest BCUT2D eigenvalue weighted by molar-refractivity contribution is -0.145. The molecule has 30 heavy (non-hydrogen) atoms. The second kappa shape index (κ2) is 8.10. The minimum absolute atomic E-state index is 0.0442. The zero-order valence-electron chi connectivity index (χ0n) is 17.5. The molecule has 0 saturated carbocycles. The standard InChI is InChI=1S/C22H27N3O5/c1-13-7-8-17(30-13)12-24-10-15-9-16(11-24)20(21(27)23-14(2)22(28)29-3)25-18(15)5-4-6-19(25)26/h4-8,14-16,20H,9-12H2,1-3H3,(H,23,27)/t14-,15+,16-,20-/m1/s1. The molecule has 1 amide bonds. The quantitative estimate of drug-likeness (QED) is 0.749. The van der Waals surface area contributed by atoms with Crippen LogP contribution in [-0.4, -0.2) is 47.6 Å². The predicted molar refractivity (Wildman–Crippen MR) is 109 cm³/mol. The van der Waals surface area contributed by atoms with Gasteiger partial charge in [0.1, 0.15) is 23.6 Å². The third-order valence-corrected chi connectivity index (χ3v) is 6.08. The molecule has 4 rings (SSSR count). The molecule has 0 radical (unpaired) electrons. The van der Waals surface area contributed by atoms with Crippen LogP contribution in [0.1, 0.15) is 42.5 Å². The SMILES string of the molecule is COC(=O)[C@@H](C)NC(=O)[C@H]1[C@@H]2C[C@@H](CN(Cc3ccc(C)o3)C2)c2cccc(=O)n21. The molecule has 2 bridgehead atoms. The number of methoxy groups -OCH3 is 1. The van der Waals surface area contributed by atoms with E-state index in [1.165, 1.54) is 13.2 Å². The first-order chi connectivity index (χ1) is 14.4. The molecule has 160 valence electrons. The summed E-state index contributed by atoms with van der Waals surface area (Å²) < 4.78 is 12.1. The Kier molecular flexibility index (Phi) is 5.51. The number of fused-ring (bicyclic) bond motifs is 4. The van der Waals surface area contributed by atoms with Crippen molar-refractivity contribution in [2.24, 2.45) is 5.92 Å². The molecule has 2 aromatic rings. The highest BCUT2D eigenvalue weighted by Gasteiger charge is 2.44. The van der Waals surface area contributed by atoms with Crippen LogP contribution in [0.4, 0.5) is 0 Å². The average Bonchev–Trinajstić information content (AvgIpc) is 3.12. The van der Waals surface area contributed by atoms with E-state index in [0.717, 1.165) is 30.2 Å². The van der Waals surface area contributed by atoms with Gasteiger partial charge in [0.15, 0.2) is 0 Å². The van der Waals surface area contributed by atoms with Crippen molar-refractivity contribution in [1.82, 2.24) is 14.8 Å². The average molecular weight is 413 g/mol. The Labute approximate surface area is 174 Å². The monoisotopic (exact) mass is 413 g/mol. The summed E-state index contributed by atoms with van der Waals surface area (Å²) in [4.78, 5) is 40.0. The molecule has 0 spiro atoms. The van der Waals surface area contributed by atoms with Gasteiger partial charge in [-0.15, -0.1) is 0 Å². The second-order valence-corrected chi connectivity index (χ2v) is 8.26. The molecular formula is C22H27N3O5. The van der Waals surface area contributed by atoms with E-state index < -0.39 is 18.1 Å². The van der Waals surface area contributed by atoms with Crippen molar-refractivity contribution in [3.63, 3.8) is 0 Å². The summed E-state index contributed by atoms with van der Waals surface area (Å²) in [7, 11) is 1.28. The molecule has 1 N–H and O–H groups in total. The summed E-state index contributed by atoms with van der Waals surface area (Å²) >= 11 is 0. The maximum absolute atomic E-state index is 13.2. The van der Waals surface area contributed by atoms with E-state index in [0.29, 0.717) is 13.1 Å². The number of likely N-dealkylation sites (tertiary alicyclic amines) is 1. The molecule has 2 aromatic heterocycles. The van der Waals surface area contributed by atoms with Gasteiger partial charge in [0, 0.05) is 36.7 Å². The number of esters is 1. The molecule has 4 heterocycles. The zero-order valence-corrected chi connectivity index (χ0v) is 17.5. The van der Waals surface area contributed by atoms with Crippen LogP contribution in [0.25, 0.3) is 0 Å². The number of nitrogens with one attached hydrogen (secondary N) is 1. The number of ether oxygens (including phenoxy) is 1. The van der Waals surface area contributed by atoms with E-state index in [9.17, 15) is 14.4 Å². The van der Waals surface area contributed by atoms with Crippen LogP contribution in [0.5, 0.6) is 0 Å². The highest BCUT2D eigenvalue weighted by atomic mass is 16.5. The maximum Gasteiger partial charge on any atom is 0.328 e. The van der Waals surface area contributed by atoms with E-state index in [1.807, 2.05) is 25.1 Å². The van der Waals surface area contributed by atoms with Gasteiger partial charge in [-0.3, -0.25) is 19.1 Å². The highest BCUT2D eigenvalue weighted by Crippen LogP contribution is 2.41. The third kappa shape index (κ3) is 3.79. The summed E-state index contributed by atoms with van der Waals surface area (Å²) in [5.41, 5.74) is 0.674. The van der Waals surface area contributed by atoms with Crippen molar-refractivity contribution in [3.05, 3.63) is 57.9 Å². The Morgan fingerprint density at radius 1 is 1.27 bits per heavy atom. The first-order valence-electron chi connectivity index (χ1n) is 10.2. The van der Waals surface area contributed by atoms with Gasteiger partial charge < -0.3 is 14.5 Å². The molecule has 0 unspecified atom stereocenters. The van der Waals surface area contributed by atoms with Gasteiger partial charge in [-0.05, 0) is 38.5 Å². The lowest BCUT2D eigenvalue weighted by atomic mass is 9.78. The lowest BCUT2D eigenvalue weighted by Gasteiger charge is -2.46. The van der Waals surface area contributed by atoms with Crippen LogP contribution < -0.4 is 10.9 Å². The van der Waals surface area contributed by atoms with Gasteiger partial charge in [0.05, 0.1) is 13.7 Å². The Morgan fingerprint density at radius 2 is 2.07 bits per heavy atom. The van der Waals surface area contributed by atoms with Crippen LogP contribution in [0.2, 0.25) is 0 Å². The minimum atomic E-state index is -0.783. The number of piperidine rings is 1. The van der Waals surface area contributed by atoms with Gasteiger partial charge in [0.2, 0.25) is 5.91 Å². The Bertz CT molecular complexity index is 1010. The number of aromatic nitrogens is 1. The number of pyridine rings is 1. The highest BCUT2D eigenvalue weighted by molar-refractivity contribution is 5.86. The topological polar surface area (TPSA) is 93.8 Å². The van der Waals surface area contributed by atoms with Crippen LogP contribution in [0.3, 0.4) is 0 Å². The Hall–Kier alpha value is -2.87. The van der Waals surface area contributed by atoms with Crippen molar-refractivity contribution in [2.45, 2.75) is 44.8 Å². The number of amides is 1. The number of furan rings is 1. The Morgan fingerprint density at radius 3 is 2.77 bits per heavy atom. The van der Waals surface area contributed by atoms with Crippen LogP contribution in [0.15, 0.2) is 39.5 Å². The van der Waals surface area contributed by atoms with Crippen molar-refractivity contribution in [1.29, 1.82) is 0 Å². The van der Waals surface area contributed by atoms with Crippen molar-refractivity contribution in [3.8, 4) is 0 Å². The van der Waals surface area contributed by atoms with E-state index in [4.69, 9.17) is 9.15 Å². The fraction of sp³-hybridized carbons (Fsp3) is 0.500. The van der Waals surface area contributed by atoms with Crippen LogP contribution >= 0.6 is 0 Å². The lowest BCUT2D eigenvalue weighted by Crippen LogP contribution is -2.54. The van der Waals surface area contributed by atoms with Gasteiger partial charge in [-0.25, -0.2) is 4.79 Å².